The number of carbonyl (C=O) groups excluding carboxylic acids is 2. The second kappa shape index (κ2) is 5.98. The Balaban J connectivity index is 2.20. The molecule has 0 aromatic heterocycles. The number of hydrogen-bond donors (Lipinski definition) is 1. The molecule has 2 rings (SSSR count). The molecule has 1 aliphatic heterocycles. The van der Waals surface area contributed by atoms with Crippen molar-refractivity contribution in [2.75, 3.05) is 6.54 Å². The molecule has 1 saturated carbocycles. The van der Waals surface area contributed by atoms with Crippen LogP contribution in [0, 0.1) is 5.41 Å². The van der Waals surface area contributed by atoms with Crippen molar-refractivity contribution in [1.29, 1.82) is 0 Å². The summed E-state index contributed by atoms with van der Waals surface area (Å²) in [6.07, 6.45) is 6.31. The summed E-state index contributed by atoms with van der Waals surface area (Å²) in [6.45, 7) is 9.31. The molecule has 1 spiro atoms. The highest BCUT2D eigenvalue weighted by atomic mass is 16.2. The minimum atomic E-state index is -0.584. The second-order valence-electron chi connectivity index (χ2n) is 7.89. The molecule has 1 unspecified atom stereocenters. The van der Waals surface area contributed by atoms with Crippen LogP contribution in [0.5, 0.6) is 0 Å². The Kier molecular flexibility index (Phi) is 4.64. The third kappa shape index (κ3) is 3.41. The molecule has 1 aliphatic carbocycles. The van der Waals surface area contributed by atoms with Gasteiger partial charge in [0.2, 0.25) is 11.8 Å². The van der Waals surface area contributed by atoms with Crippen LogP contribution < -0.4 is 5.32 Å². The van der Waals surface area contributed by atoms with Crippen LogP contribution in [-0.2, 0) is 9.59 Å². The molecule has 4 heteroatoms. The molecule has 1 saturated heterocycles. The minimum Gasteiger partial charge on any atom is -0.340 e. The van der Waals surface area contributed by atoms with Gasteiger partial charge in [-0.2, -0.15) is 0 Å². The number of hydrogen-bond acceptors (Lipinski definition) is 2. The van der Waals surface area contributed by atoms with Crippen LogP contribution >= 0.6 is 0 Å². The van der Waals surface area contributed by atoms with E-state index in [1.54, 1.807) is 0 Å². The van der Waals surface area contributed by atoms with Crippen LogP contribution in [0.25, 0.3) is 0 Å². The lowest BCUT2D eigenvalue weighted by atomic mass is 9.87. The van der Waals surface area contributed by atoms with Crippen LogP contribution in [0.4, 0.5) is 0 Å². The maximum atomic E-state index is 13.0. The van der Waals surface area contributed by atoms with Crippen LogP contribution in [0.15, 0.2) is 0 Å². The highest BCUT2D eigenvalue weighted by molar-refractivity contribution is 6.00. The van der Waals surface area contributed by atoms with E-state index in [4.69, 9.17) is 0 Å². The summed E-state index contributed by atoms with van der Waals surface area (Å²) >= 11 is 0. The average Bonchev–Trinajstić information content (AvgIpc) is 2.84. The number of amides is 2. The van der Waals surface area contributed by atoms with Crippen LogP contribution in [0.1, 0.15) is 72.6 Å². The van der Waals surface area contributed by atoms with Gasteiger partial charge in [-0.1, -0.05) is 47.0 Å². The van der Waals surface area contributed by atoms with Crippen molar-refractivity contribution in [3.8, 4) is 0 Å². The van der Waals surface area contributed by atoms with Gasteiger partial charge in [0.05, 0.1) is 0 Å². The monoisotopic (exact) mass is 294 g/mol. The Morgan fingerprint density at radius 3 is 2.38 bits per heavy atom. The average molecular weight is 294 g/mol. The lowest BCUT2D eigenvalue weighted by Gasteiger charge is -2.45. The first kappa shape index (κ1) is 16.3. The first-order chi connectivity index (χ1) is 9.79. The Labute approximate surface area is 128 Å². The van der Waals surface area contributed by atoms with Crippen LogP contribution in [0.2, 0.25) is 0 Å². The molecule has 0 radical (unpaired) electrons. The van der Waals surface area contributed by atoms with Gasteiger partial charge in [-0.05, 0) is 31.1 Å². The van der Waals surface area contributed by atoms with E-state index in [2.05, 4.69) is 33.0 Å². The van der Waals surface area contributed by atoms with Crippen molar-refractivity contribution in [3.05, 3.63) is 0 Å². The highest BCUT2D eigenvalue weighted by Gasteiger charge is 2.51. The summed E-state index contributed by atoms with van der Waals surface area (Å²) in [6, 6.07) is -0.268. The van der Waals surface area contributed by atoms with E-state index >= 15 is 0 Å². The molecule has 120 valence electrons. The summed E-state index contributed by atoms with van der Waals surface area (Å²) in [5.74, 6) is 0.231. The van der Waals surface area contributed by atoms with E-state index in [9.17, 15) is 9.59 Å². The van der Waals surface area contributed by atoms with E-state index in [1.807, 2.05) is 4.90 Å². The fourth-order valence-electron chi connectivity index (χ4n) is 3.52. The van der Waals surface area contributed by atoms with E-state index in [0.29, 0.717) is 6.54 Å². The van der Waals surface area contributed by atoms with Crippen molar-refractivity contribution in [2.45, 2.75) is 84.2 Å². The molecule has 0 bridgehead atoms. The van der Waals surface area contributed by atoms with E-state index in [1.165, 1.54) is 0 Å². The first-order valence-electron chi connectivity index (χ1n) is 8.42. The first-order valence-corrected chi connectivity index (χ1v) is 8.42. The van der Waals surface area contributed by atoms with Crippen molar-refractivity contribution in [1.82, 2.24) is 10.2 Å². The molecular formula is C17H30N2O2. The Morgan fingerprint density at radius 2 is 1.86 bits per heavy atom. The molecule has 0 aromatic carbocycles. The van der Waals surface area contributed by atoms with Gasteiger partial charge in [-0.3, -0.25) is 9.59 Å². The van der Waals surface area contributed by atoms with Gasteiger partial charge in [-0.15, -0.1) is 0 Å². The molecular weight excluding hydrogens is 264 g/mol. The largest absolute Gasteiger partial charge is 0.340 e. The summed E-state index contributed by atoms with van der Waals surface area (Å²) in [7, 11) is 0. The molecule has 2 fully saturated rings. The maximum absolute atomic E-state index is 13.0. The van der Waals surface area contributed by atoms with Gasteiger partial charge in [0.15, 0.2) is 0 Å². The van der Waals surface area contributed by atoms with E-state index in [0.717, 1.165) is 44.9 Å². The molecule has 2 aliphatic rings. The SMILES string of the molecule is CCCC1C(=O)NC2(CCCC2)C(=O)N1CCC(C)(C)C. The third-order valence-corrected chi connectivity index (χ3v) is 4.83. The normalized spacial score (nSPS) is 25.5. The lowest BCUT2D eigenvalue weighted by Crippen LogP contribution is -2.69. The summed E-state index contributed by atoms with van der Waals surface area (Å²) in [5.41, 5.74) is -0.410. The fraction of sp³-hybridized carbons (Fsp3) is 0.882. The quantitative estimate of drug-likeness (QED) is 0.866. The van der Waals surface area contributed by atoms with Gasteiger partial charge in [0.25, 0.3) is 0 Å². The summed E-state index contributed by atoms with van der Waals surface area (Å²) < 4.78 is 0. The van der Waals surface area contributed by atoms with Gasteiger partial charge in [0.1, 0.15) is 11.6 Å². The third-order valence-electron chi connectivity index (χ3n) is 4.83. The predicted molar refractivity (Wildman–Crippen MR) is 83.8 cm³/mol. The smallest absolute Gasteiger partial charge is 0.249 e. The summed E-state index contributed by atoms with van der Waals surface area (Å²) in [4.78, 5) is 27.4. The number of piperazine rings is 1. The van der Waals surface area contributed by atoms with Gasteiger partial charge < -0.3 is 10.2 Å². The van der Waals surface area contributed by atoms with Crippen molar-refractivity contribution < 1.29 is 9.59 Å². The van der Waals surface area contributed by atoms with Crippen molar-refractivity contribution >= 4 is 11.8 Å². The van der Waals surface area contributed by atoms with Crippen LogP contribution in [-0.4, -0.2) is 34.8 Å². The highest BCUT2D eigenvalue weighted by Crippen LogP contribution is 2.36. The zero-order valence-electron chi connectivity index (χ0n) is 14.0. The lowest BCUT2D eigenvalue weighted by molar-refractivity contribution is -0.155. The molecule has 1 heterocycles. The number of nitrogens with one attached hydrogen (secondary N) is 1. The minimum absolute atomic E-state index is 0.0623. The fourth-order valence-corrected chi connectivity index (χ4v) is 3.52. The second-order valence-corrected chi connectivity index (χ2v) is 7.89. The molecule has 21 heavy (non-hydrogen) atoms. The number of nitrogens with zero attached hydrogens (tertiary/aromatic N) is 1. The predicted octanol–water partition coefficient (Wildman–Crippen LogP) is 2.86. The number of carbonyl (C=O) groups is 2. The molecule has 2 amide bonds. The molecule has 1 N–H and O–H groups in total. The zero-order chi connectivity index (χ0) is 15.7. The maximum Gasteiger partial charge on any atom is 0.249 e. The van der Waals surface area contributed by atoms with E-state index in [-0.39, 0.29) is 23.3 Å². The Hall–Kier alpha value is -1.06. The van der Waals surface area contributed by atoms with E-state index < -0.39 is 5.54 Å². The molecule has 4 nitrogen and oxygen atoms in total. The summed E-state index contributed by atoms with van der Waals surface area (Å²) in [5, 5.41) is 3.07. The molecule has 1 atom stereocenters. The van der Waals surface area contributed by atoms with Gasteiger partial charge in [0, 0.05) is 6.54 Å². The van der Waals surface area contributed by atoms with Crippen LogP contribution in [0.3, 0.4) is 0 Å². The van der Waals surface area contributed by atoms with Crippen molar-refractivity contribution in [3.63, 3.8) is 0 Å². The van der Waals surface area contributed by atoms with Gasteiger partial charge >= 0.3 is 0 Å². The Morgan fingerprint density at radius 1 is 1.24 bits per heavy atom. The topological polar surface area (TPSA) is 49.4 Å². The van der Waals surface area contributed by atoms with Gasteiger partial charge in [-0.25, -0.2) is 0 Å². The van der Waals surface area contributed by atoms with Crippen molar-refractivity contribution in [2.24, 2.45) is 5.41 Å². The number of rotatable bonds is 4. The standard InChI is InChI=1S/C17H30N2O2/c1-5-8-13-14(20)18-17(9-6-7-10-17)15(21)19(13)12-11-16(2,3)4/h13H,5-12H2,1-4H3,(H,18,20). The molecule has 0 aromatic rings. The Bertz CT molecular complexity index is 406. The zero-order valence-corrected chi connectivity index (χ0v) is 14.0.